The van der Waals surface area contributed by atoms with E-state index in [9.17, 15) is 22.8 Å². The molecule has 1 saturated heterocycles. The Hall–Kier alpha value is -4.14. The Kier molecular flexibility index (Phi) is 12.9. The first-order chi connectivity index (χ1) is 23.7. The quantitative estimate of drug-likeness (QED) is 0.134. The predicted molar refractivity (Wildman–Crippen MR) is 190 cm³/mol. The van der Waals surface area contributed by atoms with E-state index in [2.05, 4.69) is 15.6 Å². The fourth-order valence-corrected chi connectivity index (χ4v) is 7.76. The zero-order chi connectivity index (χ0) is 36.6. The van der Waals surface area contributed by atoms with Gasteiger partial charge in [-0.1, -0.05) is 25.1 Å². The van der Waals surface area contributed by atoms with Crippen molar-refractivity contribution in [3.05, 3.63) is 54.2 Å². The van der Waals surface area contributed by atoms with Gasteiger partial charge < -0.3 is 35.6 Å². The summed E-state index contributed by atoms with van der Waals surface area (Å²) >= 11 is 0. The summed E-state index contributed by atoms with van der Waals surface area (Å²) in [6.45, 7) is 7.70. The van der Waals surface area contributed by atoms with Crippen LogP contribution in [0.2, 0.25) is 0 Å². The molecule has 5 N–H and O–H groups in total. The highest BCUT2D eigenvalue weighted by Gasteiger charge is 2.38. The molecule has 0 spiro atoms. The Morgan fingerprint density at radius 2 is 1.76 bits per heavy atom. The number of nitrogens with two attached hydrogens (primary N) is 1. The van der Waals surface area contributed by atoms with E-state index in [1.54, 1.807) is 20.8 Å². The number of nitrogens with zero attached hydrogens (tertiary/aromatic N) is 1. The number of carbonyl (C=O) groups excluding carboxylic acids is 3. The van der Waals surface area contributed by atoms with Crippen LogP contribution in [0, 0.1) is 5.92 Å². The summed E-state index contributed by atoms with van der Waals surface area (Å²) in [5, 5.41) is 6.71. The normalized spacial score (nSPS) is 17.4. The van der Waals surface area contributed by atoms with E-state index < -0.39 is 57.3 Å². The van der Waals surface area contributed by atoms with Gasteiger partial charge in [0.15, 0.2) is 11.5 Å². The molecular formula is C36H51N5O8S. The number of carbonyl (C=O) groups is 3. The number of methoxy groups -OCH3 is 2. The van der Waals surface area contributed by atoms with Gasteiger partial charge in [-0.15, -0.1) is 0 Å². The molecule has 1 aliphatic heterocycles. The minimum atomic E-state index is -3.98. The fraction of sp³-hybridized carbons (Fsp3) is 0.528. The van der Waals surface area contributed by atoms with Crippen LogP contribution in [0.25, 0.3) is 10.9 Å². The summed E-state index contributed by atoms with van der Waals surface area (Å²) < 4.78 is 44.9. The highest BCUT2D eigenvalue weighted by molar-refractivity contribution is 7.89. The van der Waals surface area contributed by atoms with Gasteiger partial charge >= 0.3 is 5.97 Å². The van der Waals surface area contributed by atoms with Crippen LogP contribution in [0.15, 0.2) is 53.6 Å². The highest BCUT2D eigenvalue weighted by Crippen LogP contribution is 2.33. The summed E-state index contributed by atoms with van der Waals surface area (Å²) in [7, 11) is -1.09. The number of fused-ring (bicyclic) bond motifs is 1. The number of unbranched alkanes of at least 4 members (excludes halogenated alkanes) is 1. The number of para-hydroxylation sites is 1. The van der Waals surface area contributed by atoms with Gasteiger partial charge in [-0.2, -0.15) is 4.31 Å². The number of amides is 2. The molecule has 13 nitrogen and oxygen atoms in total. The van der Waals surface area contributed by atoms with Crippen molar-refractivity contribution in [3.63, 3.8) is 0 Å². The van der Waals surface area contributed by atoms with Crippen LogP contribution in [0.4, 0.5) is 0 Å². The van der Waals surface area contributed by atoms with Crippen LogP contribution in [-0.2, 0) is 29.1 Å². The number of aromatic nitrogens is 1. The molecule has 2 heterocycles. The highest BCUT2D eigenvalue weighted by atomic mass is 32.2. The second-order valence-corrected chi connectivity index (χ2v) is 15.6. The molecule has 1 fully saturated rings. The molecular weight excluding hydrogens is 662 g/mol. The molecule has 2 amide bonds. The Morgan fingerprint density at radius 1 is 1.04 bits per heavy atom. The van der Waals surface area contributed by atoms with E-state index in [0.29, 0.717) is 44.4 Å². The lowest BCUT2D eigenvalue weighted by Crippen LogP contribution is -2.56. The molecule has 2 aromatic carbocycles. The number of hydrogen-bond donors (Lipinski definition) is 4. The first-order valence-electron chi connectivity index (χ1n) is 17.0. The Labute approximate surface area is 294 Å². The van der Waals surface area contributed by atoms with E-state index in [1.807, 2.05) is 37.4 Å². The average molecular weight is 714 g/mol. The van der Waals surface area contributed by atoms with Crippen LogP contribution < -0.4 is 25.8 Å². The van der Waals surface area contributed by atoms with Crippen molar-refractivity contribution in [2.24, 2.45) is 11.7 Å². The molecule has 1 aliphatic rings. The molecule has 14 heteroatoms. The molecule has 1 aromatic heterocycles. The second kappa shape index (κ2) is 16.7. The van der Waals surface area contributed by atoms with Gasteiger partial charge in [0.05, 0.1) is 25.0 Å². The topological polar surface area (TPSA) is 182 Å². The van der Waals surface area contributed by atoms with Gasteiger partial charge in [0.2, 0.25) is 21.8 Å². The van der Waals surface area contributed by atoms with Crippen molar-refractivity contribution in [2.45, 2.75) is 88.3 Å². The summed E-state index contributed by atoms with van der Waals surface area (Å²) in [5.41, 5.74) is 6.60. The zero-order valence-corrected chi connectivity index (χ0v) is 30.6. The monoisotopic (exact) mass is 713 g/mol. The first-order valence-corrected chi connectivity index (χ1v) is 18.5. The maximum Gasteiger partial charge on any atom is 0.329 e. The van der Waals surface area contributed by atoms with Crippen LogP contribution >= 0.6 is 0 Å². The number of ether oxygens (including phenoxy) is 3. The predicted octanol–water partition coefficient (Wildman–Crippen LogP) is 3.83. The maximum absolute atomic E-state index is 14.2. The molecule has 274 valence electrons. The third-order valence-corrected chi connectivity index (χ3v) is 10.8. The zero-order valence-electron chi connectivity index (χ0n) is 29.8. The van der Waals surface area contributed by atoms with E-state index in [4.69, 9.17) is 19.9 Å². The number of H-pyrrole nitrogens is 1. The Bertz CT molecular complexity index is 1750. The van der Waals surface area contributed by atoms with Gasteiger partial charge in [0.25, 0.3) is 0 Å². The van der Waals surface area contributed by atoms with Crippen LogP contribution in [0.5, 0.6) is 11.5 Å². The van der Waals surface area contributed by atoms with E-state index >= 15 is 0 Å². The fourth-order valence-electron chi connectivity index (χ4n) is 6.22. The molecule has 4 atom stereocenters. The number of nitrogens with one attached hydrogen (secondary N) is 3. The van der Waals surface area contributed by atoms with Crippen molar-refractivity contribution in [1.29, 1.82) is 0 Å². The van der Waals surface area contributed by atoms with Crippen molar-refractivity contribution >= 4 is 38.7 Å². The van der Waals surface area contributed by atoms with Crippen LogP contribution in [0.1, 0.15) is 71.3 Å². The summed E-state index contributed by atoms with van der Waals surface area (Å²) in [5.74, 6) is -2.18. The molecule has 4 rings (SSSR count). The molecule has 50 heavy (non-hydrogen) atoms. The van der Waals surface area contributed by atoms with Gasteiger partial charge in [0.1, 0.15) is 17.7 Å². The molecule has 0 radical (unpaired) electrons. The van der Waals surface area contributed by atoms with E-state index in [1.165, 1.54) is 36.7 Å². The van der Waals surface area contributed by atoms with Crippen molar-refractivity contribution < 1.29 is 37.0 Å². The minimum absolute atomic E-state index is 0.0178. The molecule has 1 unspecified atom stereocenters. The number of piperidine rings is 1. The average Bonchev–Trinajstić information content (AvgIpc) is 3.53. The van der Waals surface area contributed by atoms with Crippen molar-refractivity contribution in [2.75, 3.05) is 33.9 Å². The smallest absolute Gasteiger partial charge is 0.329 e. The lowest BCUT2D eigenvalue weighted by atomic mass is 9.90. The molecule has 0 aliphatic carbocycles. The molecule has 0 saturated carbocycles. The third kappa shape index (κ3) is 9.34. The first kappa shape index (κ1) is 38.7. The van der Waals surface area contributed by atoms with Gasteiger partial charge in [-0.3, -0.25) is 9.59 Å². The summed E-state index contributed by atoms with van der Waals surface area (Å²) in [6, 6.07) is 9.96. The minimum Gasteiger partial charge on any atom is -0.493 e. The third-order valence-electron chi connectivity index (χ3n) is 8.89. The summed E-state index contributed by atoms with van der Waals surface area (Å²) in [6.07, 6.45) is 4.24. The summed E-state index contributed by atoms with van der Waals surface area (Å²) in [4.78, 5) is 44.7. The standard InChI is InChI=1S/C36H51N5O8S/c1-23(27-21-38-28-14-8-7-13-26(27)28)32(34(43)39-29(15-9-10-18-37)35(44)49-36(2,3)4)40-33(42)24-12-11-19-41(22-24)50(45,46)25-16-17-30(47-5)31(20-25)48-6/h7-8,13-14,16-17,20-21,23-24,29,32,38H,9-12,15,18-19,22,37H2,1-6H3,(H,39,43)(H,40,42)/t23-,24?,29-,32-/m0/s1. The molecule has 3 aromatic rings. The number of hydrogen-bond acceptors (Lipinski definition) is 9. The number of sulfonamides is 1. The number of aromatic amines is 1. The maximum atomic E-state index is 14.2. The van der Waals surface area contributed by atoms with Crippen molar-refractivity contribution in [3.8, 4) is 11.5 Å². The number of benzene rings is 2. The van der Waals surface area contributed by atoms with E-state index in [-0.39, 0.29) is 23.7 Å². The Balaban J connectivity index is 1.60. The van der Waals surface area contributed by atoms with Crippen LogP contribution in [0.3, 0.4) is 0 Å². The Morgan fingerprint density at radius 3 is 2.44 bits per heavy atom. The largest absolute Gasteiger partial charge is 0.493 e. The lowest BCUT2D eigenvalue weighted by Gasteiger charge is -2.33. The van der Waals surface area contributed by atoms with Gasteiger partial charge in [-0.25, -0.2) is 13.2 Å². The van der Waals surface area contributed by atoms with Gasteiger partial charge in [0, 0.05) is 42.2 Å². The SMILES string of the molecule is COc1ccc(S(=O)(=O)N2CCCC(C(=O)N[C@H](C(=O)N[C@@H](CCCCN)C(=O)OC(C)(C)C)[C@@H](C)c3c[nH]c4ccccc34)C2)cc1OC. The number of esters is 1. The van der Waals surface area contributed by atoms with Crippen LogP contribution in [-0.4, -0.2) is 87.0 Å². The van der Waals surface area contributed by atoms with Crippen molar-refractivity contribution in [1.82, 2.24) is 19.9 Å². The van der Waals surface area contributed by atoms with Gasteiger partial charge in [-0.05, 0) is 83.2 Å². The second-order valence-electron chi connectivity index (χ2n) is 13.7. The molecule has 0 bridgehead atoms. The lowest BCUT2D eigenvalue weighted by molar-refractivity contribution is -0.159. The van der Waals surface area contributed by atoms with E-state index in [0.717, 1.165) is 16.5 Å². The number of rotatable bonds is 15.